The Balaban J connectivity index is 1.79. The van der Waals surface area contributed by atoms with Crippen molar-refractivity contribution in [3.8, 4) is 0 Å². The van der Waals surface area contributed by atoms with Gasteiger partial charge in [-0.1, -0.05) is 23.4 Å². The maximum atomic E-state index is 12.5. The van der Waals surface area contributed by atoms with E-state index in [0.29, 0.717) is 5.69 Å². The monoisotopic (exact) mass is 286 g/mol. The largest absolute Gasteiger partial charge is 0.387 e. The first-order chi connectivity index (χ1) is 10.1. The Bertz CT molecular complexity index is 665. The maximum absolute atomic E-state index is 12.5. The van der Waals surface area contributed by atoms with E-state index in [1.54, 1.807) is 13.1 Å². The van der Waals surface area contributed by atoms with E-state index in [1.807, 2.05) is 30.0 Å². The molecule has 0 aliphatic carbocycles. The number of anilines is 1. The lowest BCUT2D eigenvalue weighted by molar-refractivity contribution is -0.119. The van der Waals surface area contributed by atoms with Gasteiger partial charge in [-0.2, -0.15) is 0 Å². The zero-order chi connectivity index (χ0) is 15.0. The summed E-state index contributed by atoms with van der Waals surface area (Å²) in [5.74, 6) is -0.0190. The molecule has 1 aromatic carbocycles. The molecule has 0 radical (unpaired) electrons. The van der Waals surface area contributed by atoms with Gasteiger partial charge in [0.15, 0.2) is 0 Å². The molecule has 1 aliphatic rings. The second-order valence-electron chi connectivity index (χ2n) is 5.46. The number of aliphatic hydroxyl groups excluding tert-OH is 1. The fraction of sp³-hybridized carbons (Fsp3) is 0.400. The Hall–Kier alpha value is -2.21. The number of aliphatic hydroxyl groups is 1. The van der Waals surface area contributed by atoms with Crippen molar-refractivity contribution in [2.45, 2.75) is 39.0 Å². The molecular formula is C15H18N4O2. The SMILES string of the molecule is CC(O)c1cn(CC(=O)N2c3ccccc3CC2C)nn1. The number of hydrogen-bond acceptors (Lipinski definition) is 4. The minimum absolute atomic E-state index is 0.0190. The molecule has 6 nitrogen and oxygen atoms in total. The van der Waals surface area contributed by atoms with Crippen molar-refractivity contribution in [2.24, 2.45) is 0 Å². The molecule has 21 heavy (non-hydrogen) atoms. The molecule has 0 saturated heterocycles. The lowest BCUT2D eigenvalue weighted by atomic mass is 10.1. The van der Waals surface area contributed by atoms with Crippen LogP contribution in [-0.2, 0) is 17.8 Å². The van der Waals surface area contributed by atoms with Gasteiger partial charge in [0.1, 0.15) is 12.2 Å². The third kappa shape index (κ3) is 2.54. The van der Waals surface area contributed by atoms with Crippen molar-refractivity contribution < 1.29 is 9.90 Å². The highest BCUT2D eigenvalue weighted by Gasteiger charge is 2.30. The highest BCUT2D eigenvalue weighted by Crippen LogP contribution is 2.31. The second kappa shape index (κ2) is 5.29. The van der Waals surface area contributed by atoms with Gasteiger partial charge in [-0.15, -0.1) is 5.10 Å². The van der Waals surface area contributed by atoms with Gasteiger partial charge >= 0.3 is 0 Å². The Morgan fingerprint density at radius 3 is 2.95 bits per heavy atom. The number of hydrogen-bond donors (Lipinski definition) is 1. The van der Waals surface area contributed by atoms with Crippen LogP contribution in [-0.4, -0.2) is 32.0 Å². The Labute approximate surface area is 123 Å². The first kappa shape index (κ1) is 13.8. The molecule has 1 N–H and O–H groups in total. The van der Waals surface area contributed by atoms with E-state index in [0.717, 1.165) is 12.1 Å². The number of para-hydroxylation sites is 1. The average molecular weight is 286 g/mol. The number of carbonyl (C=O) groups is 1. The van der Waals surface area contributed by atoms with Gasteiger partial charge in [0.25, 0.3) is 0 Å². The quantitative estimate of drug-likeness (QED) is 0.923. The van der Waals surface area contributed by atoms with E-state index >= 15 is 0 Å². The van der Waals surface area contributed by atoms with Crippen LogP contribution >= 0.6 is 0 Å². The Morgan fingerprint density at radius 1 is 1.48 bits per heavy atom. The van der Waals surface area contributed by atoms with Gasteiger partial charge in [-0.05, 0) is 31.9 Å². The smallest absolute Gasteiger partial charge is 0.249 e. The molecule has 0 bridgehead atoms. The third-order valence-corrected chi connectivity index (χ3v) is 3.76. The van der Waals surface area contributed by atoms with E-state index in [-0.39, 0.29) is 18.5 Å². The first-order valence-corrected chi connectivity index (χ1v) is 7.04. The summed E-state index contributed by atoms with van der Waals surface area (Å²) in [5.41, 5.74) is 2.64. The average Bonchev–Trinajstić information content (AvgIpc) is 3.01. The number of aromatic nitrogens is 3. The van der Waals surface area contributed by atoms with Gasteiger partial charge in [-0.25, -0.2) is 4.68 Å². The molecule has 110 valence electrons. The summed E-state index contributed by atoms with van der Waals surface area (Å²) in [5, 5.41) is 17.2. The van der Waals surface area contributed by atoms with Crippen molar-refractivity contribution in [2.75, 3.05) is 4.90 Å². The summed E-state index contributed by atoms with van der Waals surface area (Å²) >= 11 is 0. The molecule has 2 aromatic rings. The number of carbonyl (C=O) groups excluding carboxylic acids is 1. The van der Waals surface area contributed by atoms with E-state index in [9.17, 15) is 9.90 Å². The molecule has 3 rings (SSSR count). The number of nitrogens with zero attached hydrogens (tertiary/aromatic N) is 4. The summed E-state index contributed by atoms with van der Waals surface area (Å²) in [6.45, 7) is 3.79. The van der Waals surface area contributed by atoms with E-state index in [2.05, 4.69) is 16.4 Å². The van der Waals surface area contributed by atoms with Crippen LogP contribution in [0.25, 0.3) is 0 Å². The van der Waals surface area contributed by atoms with Crippen molar-refractivity contribution in [1.82, 2.24) is 15.0 Å². The molecule has 6 heteroatoms. The molecule has 0 fully saturated rings. The predicted octanol–water partition coefficient (Wildman–Crippen LogP) is 1.31. The zero-order valence-electron chi connectivity index (χ0n) is 12.1. The van der Waals surface area contributed by atoms with Crippen LogP contribution in [0.15, 0.2) is 30.5 Å². The topological polar surface area (TPSA) is 71.2 Å². The van der Waals surface area contributed by atoms with Gasteiger partial charge in [-0.3, -0.25) is 4.79 Å². The van der Waals surface area contributed by atoms with Crippen LogP contribution in [0.5, 0.6) is 0 Å². The number of benzene rings is 1. The molecule has 0 spiro atoms. The van der Waals surface area contributed by atoms with E-state index in [1.165, 1.54) is 10.2 Å². The summed E-state index contributed by atoms with van der Waals surface area (Å²) in [4.78, 5) is 14.4. The third-order valence-electron chi connectivity index (χ3n) is 3.76. The number of amides is 1. The van der Waals surface area contributed by atoms with Gasteiger partial charge < -0.3 is 10.0 Å². The van der Waals surface area contributed by atoms with Crippen molar-refractivity contribution in [3.05, 3.63) is 41.7 Å². The van der Waals surface area contributed by atoms with Crippen molar-refractivity contribution in [1.29, 1.82) is 0 Å². The Kier molecular flexibility index (Phi) is 3.47. The van der Waals surface area contributed by atoms with Crippen LogP contribution in [0.2, 0.25) is 0 Å². The molecule has 1 aromatic heterocycles. The zero-order valence-corrected chi connectivity index (χ0v) is 12.1. The van der Waals surface area contributed by atoms with Gasteiger partial charge in [0.05, 0.1) is 12.3 Å². The first-order valence-electron chi connectivity index (χ1n) is 7.04. The highest BCUT2D eigenvalue weighted by molar-refractivity contribution is 5.95. The van der Waals surface area contributed by atoms with Gasteiger partial charge in [0.2, 0.25) is 5.91 Å². The second-order valence-corrected chi connectivity index (χ2v) is 5.46. The van der Waals surface area contributed by atoms with Crippen LogP contribution in [0, 0.1) is 0 Å². The predicted molar refractivity (Wildman–Crippen MR) is 77.7 cm³/mol. The fourth-order valence-electron chi connectivity index (χ4n) is 2.74. The van der Waals surface area contributed by atoms with Crippen LogP contribution in [0.1, 0.15) is 31.2 Å². The minimum atomic E-state index is -0.680. The van der Waals surface area contributed by atoms with Crippen LogP contribution < -0.4 is 4.90 Å². The number of rotatable bonds is 3. The lowest BCUT2D eigenvalue weighted by Gasteiger charge is -2.22. The molecule has 2 atom stereocenters. The molecule has 2 unspecified atom stereocenters. The van der Waals surface area contributed by atoms with Crippen molar-refractivity contribution >= 4 is 11.6 Å². The summed E-state index contributed by atoms with van der Waals surface area (Å²) in [7, 11) is 0. The molecule has 1 amide bonds. The fourth-order valence-corrected chi connectivity index (χ4v) is 2.74. The van der Waals surface area contributed by atoms with Crippen LogP contribution in [0.4, 0.5) is 5.69 Å². The highest BCUT2D eigenvalue weighted by atomic mass is 16.3. The summed E-state index contributed by atoms with van der Waals surface area (Å²) in [6.07, 6.45) is 1.80. The molecule has 0 saturated carbocycles. The van der Waals surface area contributed by atoms with E-state index in [4.69, 9.17) is 0 Å². The Morgan fingerprint density at radius 2 is 2.24 bits per heavy atom. The van der Waals surface area contributed by atoms with Gasteiger partial charge in [0, 0.05) is 11.7 Å². The number of fused-ring (bicyclic) bond motifs is 1. The summed E-state index contributed by atoms with van der Waals surface area (Å²) in [6, 6.07) is 8.11. The molecule has 2 heterocycles. The van der Waals surface area contributed by atoms with Crippen LogP contribution in [0.3, 0.4) is 0 Å². The molecular weight excluding hydrogens is 268 g/mol. The summed E-state index contributed by atoms with van der Waals surface area (Å²) < 4.78 is 1.47. The standard InChI is InChI=1S/C15H18N4O2/c1-10-7-12-5-3-4-6-14(12)19(10)15(21)9-18-8-13(11(2)20)16-17-18/h3-6,8,10-11,20H,7,9H2,1-2H3. The normalized spacial score (nSPS) is 18.6. The lowest BCUT2D eigenvalue weighted by Crippen LogP contribution is -2.38. The van der Waals surface area contributed by atoms with E-state index < -0.39 is 6.10 Å². The molecule has 1 aliphatic heterocycles. The maximum Gasteiger partial charge on any atom is 0.249 e. The van der Waals surface area contributed by atoms with Crippen molar-refractivity contribution in [3.63, 3.8) is 0 Å². The minimum Gasteiger partial charge on any atom is -0.387 e.